The number of halogens is 2. The minimum absolute atomic E-state index is 0.00742. The van der Waals surface area contributed by atoms with E-state index in [9.17, 15) is 9.18 Å². The van der Waals surface area contributed by atoms with E-state index in [0.717, 1.165) is 30.9 Å². The number of pyridine rings is 2. The highest BCUT2D eigenvalue weighted by Crippen LogP contribution is 2.26. The molecule has 32 heavy (non-hydrogen) atoms. The minimum Gasteiger partial charge on any atom is -0.356 e. The summed E-state index contributed by atoms with van der Waals surface area (Å²) >= 11 is 5.95. The first kappa shape index (κ1) is 20.3. The predicted octanol–water partition coefficient (Wildman–Crippen LogP) is 3.83. The maximum atomic E-state index is 13.7. The van der Waals surface area contributed by atoms with Crippen LogP contribution < -0.4 is 10.2 Å². The van der Waals surface area contributed by atoms with Crippen molar-refractivity contribution in [1.29, 1.82) is 0 Å². The highest BCUT2D eigenvalue weighted by molar-refractivity contribution is 6.30. The summed E-state index contributed by atoms with van der Waals surface area (Å²) in [6.07, 6.45) is 9.69. The van der Waals surface area contributed by atoms with Crippen LogP contribution in [-0.2, 0) is 4.79 Å². The van der Waals surface area contributed by atoms with Crippen LogP contribution in [0.5, 0.6) is 0 Å². The Hall–Kier alpha value is -3.59. The zero-order chi connectivity index (χ0) is 22.1. The fourth-order valence-electron chi connectivity index (χ4n) is 3.87. The second kappa shape index (κ2) is 8.51. The minimum atomic E-state index is -0.532. The van der Waals surface area contributed by atoms with E-state index in [1.165, 1.54) is 12.3 Å². The number of anilines is 2. The van der Waals surface area contributed by atoms with Crippen LogP contribution in [0.4, 0.5) is 15.9 Å². The van der Waals surface area contributed by atoms with Gasteiger partial charge in [-0.2, -0.15) is 0 Å². The molecule has 1 fully saturated rings. The Morgan fingerprint density at radius 3 is 2.88 bits per heavy atom. The Morgan fingerprint density at radius 2 is 2.03 bits per heavy atom. The molecule has 4 aromatic heterocycles. The van der Waals surface area contributed by atoms with Crippen LogP contribution in [0.3, 0.4) is 0 Å². The van der Waals surface area contributed by atoms with Crippen LogP contribution in [-0.4, -0.2) is 43.3 Å². The Balaban J connectivity index is 1.37. The van der Waals surface area contributed by atoms with Gasteiger partial charge in [0.05, 0.1) is 17.1 Å². The molecule has 1 aliphatic heterocycles. The molecule has 0 bridgehead atoms. The molecule has 8 nitrogen and oxygen atoms in total. The first-order valence-corrected chi connectivity index (χ1v) is 10.6. The molecular weight excluding hydrogens is 433 g/mol. The van der Waals surface area contributed by atoms with Crippen molar-refractivity contribution in [3.63, 3.8) is 0 Å². The van der Waals surface area contributed by atoms with Gasteiger partial charge >= 0.3 is 0 Å². The molecule has 0 spiro atoms. The van der Waals surface area contributed by atoms with Crippen LogP contribution in [0.15, 0.2) is 55.2 Å². The number of carbonyl (C=O) groups excluding carboxylic acids is 1. The molecule has 0 saturated carbocycles. The SMILES string of the molecule is O=C(Nc1ccncc1)[C@H]1CCCN(c2ccnc(-c3cnc4cc(F)c(Cl)cn34)n2)C1. The molecule has 0 unspecified atom stereocenters. The van der Waals surface area contributed by atoms with Gasteiger partial charge in [0, 0.05) is 49.6 Å². The average Bonchev–Trinajstić information content (AvgIpc) is 3.22. The molecule has 1 aliphatic rings. The maximum absolute atomic E-state index is 13.7. The summed E-state index contributed by atoms with van der Waals surface area (Å²) in [4.78, 5) is 32.1. The van der Waals surface area contributed by atoms with Crippen molar-refractivity contribution >= 4 is 34.7 Å². The van der Waals surface area contributed by atoms with Gasteiger partial charge in [-0.3, -0.25) is 14.2 Å². The molecule has 0 aliphatic carbocycles. The molecule has 5 rings (SSSR count). The summed E-state index contributed by atoms with van der Waals surface area (Å²) < 4.78 is 15.4. The molecule has 1 N–H and O–H groups in total. The van der Waals surface area contributed by atoms with E-state index < -0.39 is 5.82 Å². The standard InChI is InChI=1S/C22H19ClFN7O/c23-16-13-31-18(11-27-20(31)10-17(16)24)21-26-8-5-19(29-21)30-9-1-2-14(12-30)22(32)28-15-3-6-25-7-4-15/h3-8,10-11,13-14H,1-2,9,12H2,(H,25,28,32)/t14-/m0/s1. The van der Waals surface area contributed by atoms with Crippen molar-refractivity contribution < 1.29 is 9.18 Å². The highest BCUT2D eigenvalue weighted by atomic mass is 35.5. The lowest BCUT2D eigenvalue weighted by Crippen LogP contribution is -2.41. The molecule has 162 valence electrons. The molecule has 1 saturated heterocycles. The van der Waals surface area contributed by atoms with Crippen LogP contribution >= 0.6 is 11.6 Å². The van der Waals surface area contributed by atoms with Gasteiger partial charge in [0.15, 0.2) is 5.82 Å². The van der Waals surface area contributed by atoms with Gasteiger partial charge in [-0.05, 0) is 31.0 Å². The van der Waals surface area contributed by atoms with Crippen LogP contribution in [0.1, 0.15) is 12.8 Å². The van der Waals surface area contributed by atoms with Crippen molar-refractivity contribution in [3.8, 4) is 11.5 Å². The number of fused-ring (bicyclic) bond motifs is 1. The number of nitrogens with one attached hydrogen (secondary N) is 1. The summed E-state index contributed by atoms with van der Waals surface area (Å²) in [7, 11) is 0. The third-order valence-corrected chi connectivity index (χ3v) is 5.76. The summed E-state index contributed by atoms with van der Waals surface area (Å²) in [5.74, 6) is 0.456. The van der Waals surface area contributed by atoms with Gasteiger partial charge in [-0.1, -0.05) is 11.6 Å². The monoisotopic (exact) mass is 451 g/mol. The zero-order valence-corrected chi connectivity index (χ0v) is 17.7. The molecule has 1 amide bonds. The topological polar surface area (TPSA) is 88.3 Å². The molecule has 10 heteroatoms. The third-order valence-electron chi connectivity index (χ3n) is 5.49. The second-order valence-corrected chi connectivity index (χ2v) is 8.00. The lowest BCUT2D eigenvalue weighted by Gasteiger charge is -2.32. The number of rotatable bonds is 4. The van der Waals surface area contributed by atoms with Crippen molar-refractivity contribution in [2.45, 2.75) is 12.8 Å². The number of nitrogens with zero attached hydrogens (tertiary/aromatic N) is 6. The lowest BCUT2D eigenvalue weighted by atomic mass is 9.97. The van der Waals surface area contributed by atoms with Gasteiger partial charge in [-0.15, -0.1) is 0 Å². The first-order chi connectivity index (χ1) is 15.6. The van der Waals surface area contributed by atoms with E-state index in [4.69, 9.17) is 16.6 Å². The number of aromatic nitrogens is 5. The van der Waals surface area contributed by atoms with E-state index >= 15 is 0 Å². The Kier molecular flexibility index (Phi) is 5.40. The summed E-state index contributed by atoms with van der Waals surface area (Å²) in [5, 5.41) is 2.95. The van der Waals surface area contributed by atoms with Crippen molar-refractivity contribution in [2.75, 3.05) is 23.3 Å². The fraction of sp³-hybridized carbons (Fsp3) is 0.227. The normalized spacial score (nSPS) is 16.3. The van der Waals surface area contributed by atoms with Gasteiger partial charge in [0.1, 0.15) is 23.0 Å². The van der Waals surface area contributed by atoms with E-state index in [-0.39, 0.29) is 16.8 Å². The highest BCUT2D eigenvalue weighted by Gasteiger charge is 2.27. The molecule has 1 atom stereocenters. The van der Waals surface area contributed by atoms with Crippen LogP contribution in [0.25, 0.3) is 17.2 Å². The van der Waals surface area contributed by atoms with Gasteiger partial charge < -0.3 is 10.2 Å². The van der Waals surface area contributed by atoms with Crippen LogP contribution in [0.2, 0.25) is 5.02 Å². The Labute approximate surface area is 188 Å². The smallest absolute Gasteiger partial charge is 0.229 e. The van der Waals surface area contributed by atoms with E-state index in [1.807, 2.05) is 6.07 Å². The van der Waals surface area contributed by atoms with E-state index in [0.29, 0.717) is 23.7 Å². The van der Waals surface area contributed by atoms with Gasteiger partial charge in [-0.25, -0.2) is 19.3 Å². The summed E-state index contributed by atoms with van der Waals surface area (Å²) in [6.45, 7) is 1.34. The molecule has 4 aromatic rings. The Bertz CT molecular complexity index is 1280. The lowest BCUT2D eigenvalue weighted by molar-refractivity contribution is -0.120. The number of hydrogen-bond donors (Lipinski definition) is 1. The second-order valence-electron chi connectivity index (χ2n) is 7.59. The molecule has 0 radical (unpaired) electrons. The maximum Gasteiger partial charge on any atom is 0.229 e. The van der Waals surface area contributed by atoms with Crippen molar-refractivity contribution in [1.82, 2.24) is 24.3 Å². The van der Waals surface area contributed by atoms with Gasteiger partial charge in [0.2, 0.25) is 5.91 Å². The number of piperidine rings is 1. The molecule has 5 heterocycles. The van der Waals surface area contributed by atoms with Crippen molar-refractivity contribution in [3.05, 3.63) is 66.1 Å². The summed E-state index contributed by atoms with van der Waals surface area (Å²) in [6, 6.07) is 6.63. The zero-order valence-electron chi connectivity index (χ0n) is 16.9. The number of hydrogen-bond acceptors (Lipinski definition) is 6. The summed E-state index contributed by atoms with van der Waals surface area (Å²) in [5.41, 5.74) is 1.75. The van der Waals surface area contributed by atoms with Crippen molar-refractivity contribution in [2.24, 2.45) is 5.92 Å². The first-order valence-electron chi connectivity index (χ1n) is 10.2. The predicted molar refractivity (Wildman–Crippen MR) is 119 cm³/mol. The fourth-order valence-corrected chi connectivity index (χ4v) is 4.02. The number of carbonyl (C=O) groups is 1. The van der Waals surface area contributed by atoms with E-state index in [2.05, 4.69) is 25.2 Å². The molecular formula is C22H19ClFN7O. The Morgan fingerprint density at radius 1 is 1.19 bits per heavy atom. The third kappa shape index (κ3) is 3.99. The van der Waals surface area contributed by atoms with Crippen LogP contribution in [0, 0.1) is 11.7 Å². The van der Waals surface area contributed by atoms with E-state index in [1.54, 1.807) is 41.3 Å². The number of imidazole rings is 1. The molecule has 0 aromatic carbocycles. The quantitative estimate of drug-likeness (QED) is 0.507. The average molecular weight is 452 g/mol. The van der Waals surface area contributed by atoms with Gasteiger partial charge in [0.25, 0.3) is 0 Å². The largest absolute Gasteiger partial charge is 0.356 e. The number of amides is 1.